The highest BCUT2D eigenvalue weighted by Gasteiger charge is 2.29. The van der Waals surface area contributed by atoms with E-state index in [4.69, 9.17) is 4.74 Å². The third-order valence-corrected chi connectivity index (χ3v) is 1.56. The lowest BCUT2D eigenvalue weighted by Gasteiger charge is -2.22. The molecule has 1 atom stereocenters. The van der Waals surface area contributed by atoms with Gasteiger partial charge in [0, 0.05) is 0 Å². The van der Waals surface area contributed by atoms with Crippen LogP contribution in [-0.2, 0) is 9.53 Å². The van der Waals surface area contributed by atoms with Crippen LogP contribution in [-0.4, -0.2) is 36.4 Å². The summed E-state index contributed by atoms with van der Waals surface area (Å²) in [5, 5.41) is 3.64. The van der Waals surface area contributed by atoms with Crippen molar-refractivity contribution in [1.82, 2.24) is 10.6 Å². The summed E-state index contributed by atoms with van der Waals surface area (Å²) in [6.07, 6.45) is -4.49. The van der Waals surface area contributed by atoms with E-state index in [-0.39, 0.29) is 0 Å². The zero-order valence-electron chi connectivity index (χ0n) is 10.6. The molecular weight excluding hydrogens is 253 g/mol. The fraction of sp³-hybridized carbons (Fsp3) is 0.800. The van der Waals surface area contributed by atoms with Crippen molar-refractivity contribution < 1.29 is 27.5 Å². The third kappa shape index (κ3) is 8.66. The van der Waals surface area contributed by atoms with E-state index in [1.54, 1.807) is 26.1 Å². The molecule has 0 heterocycles. The monoisotopic (exact) mass is 270 g/mol. The van der Waals surface area contributed by atoms with Gasteiger partial charge in [0.15, 0.2) is 0 Å². The summed E-state index contributed by atoms with van der Waals surface area (Å²) in [4.78, 5) is 22.4. The van der Waals surface area contributed by atoms with Crippen LogP contribution < -0.4 is 10.6 Å². The van der Waals surface area contributed by atoms with Crippen molar-refractivity contribution in [3.63, 3.8) is 0 Å². The Balaban J connectivity index is 4.12. The molecule has 0 aromatic carbocycles. The van der Waals surface area contributed by atoms with Crippen LogP contribution in [0, 0.1) is 0 Å². The van der Waals surface area contributed by atoms with Crippen molar-refractivity contribution in [2.75, 3.05) is 6.54 Å². The van der Waals surface area contributed by atoms with Crippen molar-refractivity contribution in [2.24, 2.45) is 0 Å². The number of hydrogen-bond acceptors (Lipinski definition) is 3. The number of hydrogen-bond donors (Lipinski definition) is 2. The van der Waals surface area contributed by atoms with Gasteiger partial charge in [-0.25, -0.2) is 9.59 Å². The summed E-state index contributed by atoms with van der Waals surface area (Å²) in [6.45, 7) is 4.78. The highest BCUT2D eigenvalue weighted by Crippen LogP contribution is 2.12. The van der Waals surface area contributed by atoms with Gasteiger partial charge in [-0.15, -0.1) is 0 Å². The van der Waals surface area contributed by atoms with Crippen molar-refractivity contribution >= 4 is 12.0 Å². The van der Waals surface area contributed by atoms with Gasteiger partial charge >= 0.3 is 18.2 Å². The SMILES string of the molecule is C[C@@H](NC(=O)NCC(F)(F)F)C(=O)OC(C)(C)C. The largest absolute Gasteiger partial charge is 0.458 e. The van der Waals surface area contributed by atoms with Gasteiger partial charge in [0.2, 0.25) is 0 Å². The zero-order chi connectivity index (χ0) is 14.6. The summed E-state index contributed by atoms with van der Waals surface area (Å²) in [6, 6.07) is -2.11. The lowest BCUT2D eigenvalue weighted by Crippen LogP contribution is -2.48. The number of esters is 1. The molecule has 0 spiro atoms. The molecule has 0 saturated carbocycles. The van der Waals surface area contributed by atoms with E-state index < -0.39 is 36.4 Å². The van der Waals surface area contributed by atoms with Crippen molar-refractivity contribution in [3.8, 4) is 0 Å². The fourth-order valence-electron chi connectivity index (χ4n) is 0.877. The highest BCUT2D eigenvalue weighted by atomic mass is 19.4. The number of amides is 2. The predicted octanol–water partition coefficient (Wildman–Crippen LogP) is 1.58. The van der Waals surface area contributed by atoms with Crippen molar-refractivity contribution in [3.05, 3.63) is 0 Å². The Morgan fingerprint density at radius 2 is 1.72 bits per heavy atom. The molecule has 0 aliphatic heterocycles. The minimum Gasteiger partial charge on any atom is -0.458 e. The smallest absolute Gasteiger partial charge is 0.405 e. The minimum atomic E-state index is -4.49. The van der Waals surface area contributed by atoms with Gasteiger partial charge in [0.1, 0.15) is 18.2 Å². The second kappa shape index (κ2) is 5.92. The van der Waals surface area contributed by atoms with Crippen LogP contribution in [0.25, 0.3) is 0 Å². The molecule has 18 heavy (non-hydrogen) atoms. The number of carbonyl (C=O) groups is 2. The molecule has 0 radical (unpaired) electrons. The maximum Gasteiger partial charge on any atom is 0.405 e. The van der Waals surface area contributed by atoms with Crippen molar-refractivity contribution in [2.45, 2.75) is 45.5 Å². The molecule has 0 aliphatic carbocycles. The van der Waals surface area contributed by atoms with Gasteiger partial charge < -0.3 is 15.4 Å². The maximum atomic E-state index is 11.8. The van der Waals surface area contributed by atoms with E-state index in [1.807, 2.05) is 0 Å². The van der Waals surface area contributed by atoms with Gasteiger partial charge in [0.25, 0.3) is 0 Å². The molecule has 0 aromatic heterocycles. The highest BCUT2D eigenvalue weighted by molar-refractivity contribution is 5.83. The van der Waals surface area contributed by atoms with Crippen LogP contribution in [0.5, 0.6) is 0 Å². The number of rotatable bonds is 3. The van der Waals surface area contributed by atoms with Gasteiger partial charge in [0.05, 0.1) is 0 Å². The molecule has 0 rings (SSSR count). The summed E-state index contributed by atoms with van der Waals surface area (Å²) in [5.41, 5.74) is -0.727. The van der Waals surface area contributed by atoms with Gasteiger partial charge in [-0.05, 0) is 27.7 Å². The first kappa shape index (κ1) is 16.5. The first-order valence-corrected chi connectivity index (χ1v) is 5.25. The van der Waals surface area contributed by atoms with Crippen LogP contribution in [0.15, 0.2) is 0 Å². The Kier molecular flexibility index (Phi) is 5.44. The van der Waals surface area contributed by atoms with Crippen LogP contribution >= 0.6 is 0 Å². The first-order valence-electron chi connectivity index (χ1n) is 5.25. The molecule has 0 bridgehead atoms. The number of nitrogens with one attached hydrogen (secondary N) is 2. The second-order valence-electron chi connectivity index (χ2n) is 4.70. The second-order valence-corrected chi connectivity index (χ2v) is 4.70. The van der Waals surface area contributed by atoms with Gasteiger partial charge in [-0.2, -0.15) is 13.2 Å². The molecule has 0 unspecified atom stereocenters. The Hall–Kier alpha value is -1.47. The average molecular weight is 270 g/mol. The molecule has 2 N–H and O–H groups in total. The molecule has 0 aromatic rings. The zero-order valence-corrected chi connectivity index (χ0v) is 10.6. The fourth-order valence-corrected chi connectivity index (χ4v) is 0.877. The van der Waals surface area contributed by atoms with Crippen LogP contribution in [0.3, 0.4) is 0 Å². The number of carbonyl (C=O) groups excluding carboxylic acids is 2. The topological polar surface area (TPSA) is 67.4 Å². The summed E-state index contributed by atoms with van der Waals surface area (Å²) >= 11 is 0. The molecule has 8 heteroatoms. The van der Waals surface area contributed by atoms with Crippen LogP contribution in [0.1, 0.15) is 27.7 Å². The molecule has 2 amide bonds. The molecule has 5 nitrogen and oxygen atoms in total. The van der Waals surface area contributed by atoms with E-state index in [0.29, 0.717) is 0 Å². The van der Waals surface area contributed by atoms with E-state index >= 15 is 0 Å². The standard InChI is InChI=1S/C10H17F3N2O3/c1-6(7(16)18-9(2,3)4)15-8(17)14-5-10(11,12)13/h6H,5H2,1-4H3,(H2,14,15,17)/t6-/m1/s1. The molecule has 0 aliphatic rings. The average Bonchev–Trinajstić information content (AvgIpc) is 2.10. The van der Waals surface area contributed by atoms with Crippen LogP contribution in [0.4, 0.5) is 18.0 Å². The Bertz CT molecular complexity index is 310. The Labute approximate surface area is 103 Å². The molecular formula is C10H17F3N2O3. The van der Waals surface area contributed by atoms with Crippen molar-refractivity contribution in [1.29, 1.82) is 0 Å². The number of ether oxygens (including phenoxy) is 1. The number of halogens is 3. The normalized spacial score (nSPS) is 13.7. The lowest BCUT2D eigenvalue weighted by atomic mass is 10.2. The number of urea groups is 1. The predicted molar refractivity (Wildman–Crippen MR) is 57.9 cm³/mol. The summed E-state index contributed by atoms with van der Waals surface area (Å²) < 4.78 is 40.3. The maximum absolute atomic E-state index is 11.8. The summed E-state index contributed by atoms with van der Waals surface area (Å²) in [7, 11) is 0. The molecule has 106 valence electrons. The van der Waals surface area contributed by atoms with E-state index in [9.17, 15) is 22.8 Å². The third-order valence-electron chi connectivity index (χ3n) is 1.56. The quantitative estimate of drug-likeness (QED) is 0.765. The van der Waals surface area contributed by atoms with E-state index in [2.05, 4.69) is 5.32 Å². The first-order chi connectivity index (χ1) is 7.91. The van der Waals surface area contributed by atoms with E-state index in [1.165, 1.54) is 6.92 Å². The molecule has 0 saturated heterocycles. The Morgan fingerprint density at radius 3 is 2.11 bits per heavy atom. The summed E-state index contributed by atoms with van der Waals surface area (Å²) in [5.74, 6) is -0.718. The van der Waals surface area contributed by atoms with Gasteiger partial charge in [-0.1, -0.05) is 0 Å². The molecule has 0 fully saturated rings. The van der Waals surface area contributed by atoms with Crippen LogP contribution in [0.2, 0.25) is 0 Å². The number of alkyl halides is 3. The Morgan fingerprint density at radius 1 is 1.22 bits per heavy atom. The van der Waals surface area contributed by atoms with E-state index in [0.717, 1.165) is 0 Å². The van der Waals surface area contributed by atoms with Gasteiger partial charge in [-0.3, -0.25) is 0 Å². The lowest BCUT2D eigenvalue weighted by molar-refractivity contribution is -0.156. The minimum absolute atomic E-state index is 0.718.